The average Bonchev–Trinajstić information content (AvgIpc) is 3.28. The molecule has 0 fully saturated rings. The van der Waals surface area contributed by atoms with Crippen LogP contribution in [0.2, 0.25) is 0 Å². The van der Waals surface area contributed by atoms with E-state index >= 15 is 0 Å². The number of hydrogen-bond acceptors (Lipinski definition) is 8. The topological polar surface area (TPSA) is 73.6 Å². The Morgan fingerprint density at radius 2 is 2.28 bits per heavy atom. The zero-order valence-corrected chi connectivity index (χ0v) is 15.6. The van der Waals surface area contributed by atoms with Crippen molar-refractivity contribution in [1.82, 2.24) is 14.7 Å². The van der Waals surface area contributed by atoms with Gasteiger partial charge in [0.1, 0.15) is 17.1 Å². The Balaban J connectivity index is 1.70. The summed E-state index contributed by atoms with van der Waals surface area (Å²) < 4.78 is 17.5. The summed E-state index contributed by atoms with van der Waals surface area (Å²) in [6, 6.07) is 5.55. The van der Waals surface area contributed by atoms with Crippen molar-refractivity contribution in [3.8, 4) is 10.8 Å². The Morgan fingerprint density at radius 1 is 1.48 bits per heavy atom. The molecule has 0 amide bonds. The van der Waals surface area contributed by atoms with Crippen molar-refractivity contribution in [2.75, 3.05) is 14.2 Å². The predicted molar refractivity (Wildman–Crippen MR) is 94.9 cm³/mol. The number of hydrogen-bond donors (Lipinski definition) is 0. The van der Waals surface area contributed by atoms with Crippen LogP contribution >= 0.6 is 23.6 Å². The Hall–Kier alpha value is -2.23. The lowest BCUT2D eigenvalue weighted by molar-refractivity contribution is 0.0599. The van der Waals surface area contributed by atoms with E-state index in [0.717, 1.165) is 4.88 Å². The number of rotatable bonds is 6. The molecule has 3 aromatic heterocycles. The van der Waals surface area contributed by atoms with E-state index < -0.39 is 5.97 Å². The summed E-state index contributed by atoms with van der Waals surface area (Å²) in [6.07, 6.45) is 0. The molecule has 3 aromatic rings. The summed E-state index contributed by atoms with van der Waals surface area (Å²) in [6.45, 7) is 2.65. The van der Waals surface area contributed by atoms with Crippen molar-refractivity contribution in [2.24, 2.45) is 0 Å². The summed E-state index contributed by atoms with van der Waals surface area (Å²) in [5, 5.41) is 6.36. The minimum atomic E-state index is -0.408. The third-order valence-electron chi connectivity index (χ3n) is 3.51. The van der Waals surface area contributed by atoms with Crippen LogP contribution in [-0.4, -0.2) is 34.8 Å². The number of esters is 1. The molecule has 0 aliphatic carbocycles. The first-order valence-corrected chi connectivity index (χ1v) is 8.74. The highest BCUT2D eigenvalue weighted by atomic mass is 32.1. The van der Waals surface area contributed by atoms with Crippen LogP contribution in [0.3, 0.4) is 0 Å². The van der Waals surface area contributed by atoms with Gasteiger partial charge in [-0.3, -0.25) is 4.90 Å². The molecule has 3 rings (SSSR count). The fourth-order valence-corrected chi connectivity index (χ4v) is 3.20. The largest absolute Gasteiger partial charge is 0.465 e. The fourth-order valence-electron chi connectivity index (χ4n) is 2.37. The molecule has 0 unspecified atom stereocenters. The van der Waals surface area contributed by atoms with E-state index in [0.29, 0.717) is 41.0 Å². The lowest BCUT2D eigenvalue weighted by Gasteiger charge is -2.13. The van der Waals surface area contributed by atoms with Gasteiger partial charge in [-0.15, -0.1) is 16.4 Å². The number of furan rings is 1. The first-order chi connectivity index (χ1) is 12.0. The second-order valence-corrected chi connectivity index (χ2v) is 6.78. The zero-order valence-electron chi connectivity index (χ0n) is 14.0. The molecule has 0 aliphatic rings. The van der Waals surface area contributed by atoms with Crippen LogP contribution in [0.25, 0.3) is 10.8 Å². The SMILES string of the molecule is COC(=O)c1cc(CN(C)Cn2nc(-c3cccs3)oc2=S)oc1C. The molecular weight excluding hydrogens is 362 g/mol. The third-order valence-corrected chi connectivity index (χ3v) is 4.67. The van der Waals surface area contributed by atoms with Crippen molar-refractivity contribution in [3.05, 3.63) is 45.5 Å². The highest BCUT2D eigenvalue weighted by Gasteiger charge is 2.17. The van der Waals surface area contributed by atoms with Crippen LogP contribution in [0.1, 0.15) is 21.9 Å². The van der Waals surface area contributed by atoms with Crippen LogP contribution in [0, 0.1) is 11.8 Å². The summed E-state index contributed by atoms with van der Waals surface area (Å²) in [7, 11) is 3.25. The number of carbonyl (C=O) groups excluding carboxylic acids is 1. The molecule has 0 saturated carbocycles. The molecule has 0 bridgehead atoms. The molecule has 0 N–H and O–H groups in total. The summed E-state index contributed by atoms with van der Waals surface area (Å²) in [5.74, 6) is 1.30. The highest BCUT2D eigenvalue weighted by Crippen LogP contribution is 2.23. The van der Waals surface area contributed by atoms with E-state index in [1.165, 1.54) is 7.11 Å². The molecule has 3 heterocycles. The molecule has 132 valence electrons. The minimum absolute atomic E-state index is 0.307. The molecule has 0 aliphatic heterocycles. The lowest BCUT2D eigenvalue weighted by atomic mass is 10.2. The number of aryl methyl sites for hydroxylation is 1. The van der Waals surface area contributed by atoms with Gasteiger partial charge >= 0.3 is 5.97 Å². The van der Waals surface area contributed by atoms with Gasteiger partial charge in [-0.25, -0.2) is 9.48 Å². The van der Waals surface area contributed by atoms with Gasteiger partial charge < -0.3 is 13.6 Å². The lowest BCUT2D eigenvalue weighted by Crippen LogP contribution is -2.22. The van der Waals surface area contributed by atoms with Crippen LogP contribution in [0.15, 0.2) is 32.4 Å². The van der Waals surface area contributed by atoms with Gasteiger partial charge in [-0.05, 0) is 43.7 Å². The number of ether oxygens (including phenoxy) is 1. The quantitative estimate of drug-likeness (QED) is 0.477. The molecular formula is C16H17N3O4S2. The van der Waals surface area contributed by atoms with E-state index in [9.17, 15) is 4.79 Å². The molecule has 0 atom stereocenters. The average molecular weight is 379 g/mol. The second kappa shape index (κ2) is 7.34. The zero-order chi connectivity index (χ0) is 18.0. The summed E-state index contributed by atoms with van der Waals surface area (Å²) in [5.41, 5.74) is 0.434. The van der Waals surface area contributed by atoms with Crippen molar-refractivity contribution in [3.63, 3.8) is 0 Å². The standard InChI is InChI=1S/C16H17N3O4S2/c1-10-12(15(20)21-3)7-11(22-10)8-18(2)9-19-16(24)23-14(17-19)13-5-4-6-25-13/h4-7H,8-9H2,1-3H3. The van der Waals surface area contributed by atoms with E-state index in [1.807, 2.05) is 29.5 Å². The molecule has 0 aromatic carbocycles. The van der Waals surface area contributed by atoms with Crippen molar-refractivity contribution in [1.29, 1.82) is 0 Å². The van der Waals surface area contributed by atoms with E-state index in [-0.39, 0.29) is 0 Å². The van der Waals surface area contributed by atoms with Gasteiger partial charge in [-0.1, -0.05) is 6.07 Å². The van der Waals surface area contributed by atoms with Gasteiger partial charge in [0.2, 0.25) is 0 Å². The monoisotopic (exact) mass is 379 g/mol. The number of thiophene rings is 1. The van der Waals surface area contributed by atoms with Crippen LogP contribution in [0.4, 0.5) is 0 Å². The van der Waals surface area contributed by atoms with Crippen LogP contribution in [-0.2, 0) is 18.0 Å². The number of nitrogens with zero attached hydrogens (tertiary/aromatic N) is 3. The second-order valence-electron chi connectivity index (χ2n) is 5.48. The number of carbonyl (C=O) groups is 1. The normalized spacial score (nSPS) is 11.2. The number of methoxy groups -OCH3 is 1. The van der Waals surface area contributed by atoms with Gasteiger partial charge in [0.05, 0.1) is 25.2 Å². The van der Waals surface area contributed by atoms with E-state index in [4.69, 9.17) is 25.8 Å². The molecule has 0 spiro atoms. The maximum Gasteiger partial charge on any atom is 0.341 e. The molecule has 0 radical (unpaired) electrons. The van der Waals surface area contributed by atoms with Crippen molar-refractivity contribution < 1.29 is 18.4 Å². The molecule has 25 heavy (non-hydrogen) atoms. The molecule has 7 nitrogen and oxygen atoms in total. The van der Waals surface area contributed by atoms with Crippen LogP contribution in [0.5, 0.6) is 0 Å². The van der Waals surface area contributed by atoms with Gasteiger partial charge in [0, 0.05) is 0 Å². The summed E-state index contributed by atoms with van der Waals surface area (Å²) in [4.78, 5) is 14.8. The third kappa shape index (κ3) is 3.89. The van der Waals surface area contributed by atoms with Crippen molar-refractivity contribution >= 4 is 29.5 Å². The van der Waals surface area contributed by atoms with E-state index in [2.05, 4.69) is 5.10 Å². The Morgan fingerprint density at radius 3 is 2.96 bits per heavy atom. The number of aromatic nitrogens is 2. The van der Waals surface area contributed by atoms with Gasteiger partial charge in [0.25, 0.3) is 10.7 Å². The van der Waals surface area contributed by atoms with Crippen LogP contribution < -0.4 is 0 Å². The van der Waals surface area contributed by atoms with Crippen molar-refractivity contribution in [2.45, 2.75) is 20.1 Å². The first-order valence-electron chi connectivity index (χ1n) is 7.46. The first kappa shape index (κ1) is 17.6. The molecule has 0 saturated heterocycles. The Bertz CT molecular complexity index is 924. The molecule has 9 heteroatoms. The van der Waals surface area contributed by atoms with Gasteiger partial charge in [-0.2, -0.15) is 0 Å². The van der Waals surface area contributed by atoms with E-state index in [1.54, 1.807) is 29.0 Å². The summed E-state index contributed by atoms with van der Waals surface area (Å²) >= 11 is 6.77. The fraction of sp³-hybridized carbons (Fsp3) is 0.312. The smallest absolute Gasteiger partial charge is 0.341 e. The minimum Gasteiger partial charge on any atom is -0.465 e. The highest BCUT2D eigenvalue weighted by molar-refractivity contribution is 7.71. The Kier molecular flexibility index (Phi) is 5.16. The van der Waals surface area contributed by atoms with Gasteiger partial charge in [0.15, 0.2) is 0 Å². The predicted octanol–water partition coefficient (Wildman–Crippen LogP) is 3.71. The maximum absolute atomic E-state index is 11.6. The maximum atomic E-state index is 11.6. The Labute approximate surface area is 153 Å².